The summed E-state index contributed by atoms with van der Waals surface area (Å²) in [6, 6.07) is 5.42. The number of rotatable bonds is 8. The van der Waals surface area contributed by atoms with Gasteiger partial charge in [-0.1, -0.05) is 31.9 Å². The summed E-state index contributed by atoms with van der Waals surface area (Å²) in [4.78, 5) is 38.3. The van der Waals surface area contributed by atoms with Gasteiger partial charge >= 0.3 is 6.03 Å². The topological polar surface area (TPSA) is 69.7 Å². The Balaban J connectivity index is 2.03. The molecule has 1 aromatic carbocycles. The maximum atomic E-state index is 13.0. The predicted octanol–water partition coefficient (Wildman–Crippen LogP) is 1.90. The number of imide groups is 1. The molecule has 4 amide bonds. The molecule has 0 aromatic heterocycles. The van der Waals surface area contributed by atoms with E-state index in [1.54, 1.807) is 17.0 Å². The minimum absolute atomic E-state index is 0.0695. The van der Waals surface area contributed by atoms with Gasteiger partial charge in [-0.25, -0.2) is 9.18 Å². The maximum absolute atomic E-state index is 13.0. The number of hydrogen-bond donors (Lipinski definition) is 1. The number of benzene rings is 1. The van der Waals surface area contributed by atoms with E-state index >= 15 is 0 Å². The number of carbonyl (C=O) groups is 3. The Morgan fingerprint density at radius 3 is 2.54 bits per heavy atom. The van der Waals surface area contributed by atoms with Crippen LogP contribution in [0.4, 0.5) is 9.18 Å². The van der Waals surface area contributed by atoms with Crippen LogP contribution >= 0.6 is 0 Å². The van der Waals surface area contributed by atoms with Crippen LogP contribution in [0.1, 0.15) is 31.7 Å². The summed E-state index contributed by atoms with van der Waals surface area (Å²) in [6.45, 7) is 2.59. The predicted molar refractivity (Wildman–Crippen MR) is 86.5 cm³/mol. The molecule has 6 nitrogen and oxygen atoms in total. The lowest BCUT2D eigenvalue weighted by Crippen LogP contribution is -2.43. The van der Waals surface area contributed by atoms with Crippen molar-refractivity contribution in [1.82, 2.24) is 15.1 Å². The van der Waals surface area contributed by atoms with E-state index in [1.807, 2.05) is 0 Å². The summed E-state index contributed by atoms with van der Waals surface area (Å²) in [7, 11) is 0. The second-order valence-corrected chi connectivity index (χ2v) is 5.79. The highest BCUT2D eigenvalue weighted by Crippen LogP contribution is 2.10. The molecule has 1 aromatic rings. The van der Waals surface area contributed by atoms with Gasteiger partial charge in [-0.15, -0.1) is 0 Å². The van der Waals surface area contributed by atoms with Gasteiger partial charge in [-0.3, -0.25) is 14.5 Å². The summed E-state index contributed by atoms with van der Waals surface area (Å²) in [5.74, 6) is -1.02. The van der Waals surface area contributed by atoms with Crippen LogP contribution in [-0.4, -0.2) is 47.3 Å². The van der Waals surface area contributed by atoms with Crippen LogP contribution < -0.4 is 5.32 Å². The van der Waals surface area contributed by atoms with E-state index in [9.17, 15) is 18.8 Å². The lowest BCUT2D eigenvalue weighted by Gasteiger charge is -2.24. The van der Waals surface area contributed by atoms with E-state index in [0.717, 1.165) is 29.7 Å². The van der Waals surface area contributed by atoms with Crippen molar-refractivity contribution in [1.29, 1.82) is 0 Å². The highest BCUT2D eigenvalue weighted by Gasteiger charge is 2.31. The molecule has 1 aliphatic rings. The molecule has 1 aliphatic heterocycles. The molecule has 130 valence electrons. The molecule has 1 N–H and O–H groups in total. The number of nitrogens with zero attached hydrogens (tertiary/aromatic N) is 2. The molecule has 0 bridgehead atoms. The first kappa shape index (κ1) is 17.9. The van der Waals surface area contributed by atoms with Crippen molar-refractivity contribution in [2.24, 2.45) is 0 Å². The number of halogens is 1. The van der Waals surface area contributed by atoms with Crippen LogP contribution in [0.3, 0.4) is 0 Å². The van der Waals surface area contributed by atoms with Gasteiger partial charge < -0.3 is 10.2 Å². The molecule has 1 saturated heterocycles. The monoisotopic (exact) mass is 335 g/mol. The average molecular weight is 335 g/mol. The maximum Gasteiger partial charge on any atom is 0.325 e. The van der Waals surface area contributed by atoms with E-state index in [-0.39, 0.29) is 24.8 Å². The summed E-state index contributed by atoms with van der Waals surface area (Å²) in [5.41, 5.74) is 0.804. The Bertz CT molecular complexity index is 588. The first-order valence-corrected chi connectivity index (χ1v) is 8.11. The van der Waals surface area contributed by atoms with Crippen LogP contribution in [0.25, 0.3) is 0 Å². The Morgan fingerprint density at radius 1 is 1.25 bits per heavy atom. The highest BCUT2D eigenvalue weighted by atomic mass is 19.1. The van der Waals surface area contributed by atoms with Crippen LogP contribution in [0, 0.1) is 5.82 Å². The summed E-state index contributed by atoms with van der Waals surface area (Å²) >= 11 is 0. The van der Waals surface area contributed by atoms with Gasteiger partial charge in [-0.2, -0.15) is 0 Å². The second kappa shape index (κ2) is 8.42. The zero-order chi connectivity index (χ0) is 17.5. The number of nitrogens with one attached hydrogen (secondary N) is 1. The Morgan fingerprint density at radius 2 is 1.96 bits per heavy atom. The molecule has 0 saturated carbocycles. The smallest absolute Gasteiger partial charge is 0.325 e. The number of unbranched alkanes of at least 4 members (excludes halogenated alkanes) is 2. The molecule has 24 heavy (non-hydrogen) atoms. The molecule has 1 fully saturated rings. The number of carbonyl (C=O) groups excluding carboxylic acids is 3. The SMILES string of the molecule is CCCCCN(Cc1ccc(F)cc1)C(=O)CN1C(=O)CNC1=O. The first-order chi connectivity index (χ1) is 11.5. The zero-order valence-electron chi connectivity index (χ0n) is 13.8. The van der Waals surface area contributed by atoms with Crippen molar-refractivity contribution < 1.29 is 18.8 Å². The third-order valence-electron chi connectivity index (χ3n) is 3.90. The molecule has 7 heteroatoms. The first-order valence-electron chi connectivity index (χ1n) is 8.11. The lowest BCUT2D eigenvalue weighted by molar-refractivity contribution is -0.137. The highest BCUT2D eigenvalue weighted by molar-refractivity contribution is 6.04. The van der Waals surface area contributed by atoms with Gasteiger partial charge in [0.15, 0.2) is 0 Å². The summed E-state index contributed by atoms with van der Waals surface area (Å²) in [6.07, 6.45) is 2.84. The molecule has 0 aliphatic carbocycles. The number of urea groups is 1. The van der Waals surface area contributed by atoms with Crippen molar-refractivity contribution in [2.45, 2.75) is 32.7 Å². The van der Waals surface area contributed by atoms with Crippen molar-refractivity contribution in [3.63, 3.8) is 0 Å². The minimum atomic E-state index is -0.538. The van der Waals surface area contributed by atoms with Gasteiger partial charge in [0.2, 0.25) is 5.91 Å². The van der Waals surface area contributed by atoms with E-state index in [1.165, 1.54) is 12.1 Å². The molecular weight excluding hydrogens is 313 g/mol. The fraction of sp³-hybridized carbons (Fsp3) is 0.471. The largest absolute Gasteiger partial charge is 0.337 e. The van der Waals surface area contributed by atoms with E-state index in [0.29, 0.717) is 13.1 Å². The quantitative estimate of drug-likeness (QED) is 0.583. The lowest BCUT2D eigenvalue weighted by atomic mass is 10.2. The molecule has 0 radical (unpaired) electrons. The van der Waals surface area contributed by atoms with Crippen LogP contribution in [0.2, 0.25) is 0 Å². The minimum Gasteiger partial charge on any atom is -0.337 e. The Kier molecular flexibility index (Phi) is 6.28. The van der Waals surface area contributed by atoms with Gasteiger partial charge in [0.05, 0.1) is 6.54 Å². The number of amides is 4. The van der Waals surface area contributed by atoms with Crippen molar-refractivity contribution in [3.05, 3.63) is 35.6 Å². The molecule has 0 atom stereocenters. The molecule has 0 unspecified atom stereocenters. The zero-order valence-corrected chi connectivity index (χ0v) is 13.8. The second-order valence-electron chi connectivity index (χ2n) is 5.79. The van der Waals surface area contributed by atoms with Gasteiger partial charge in [0.1, 0.15) is 12.4 Å². The number of hydrogen-bond acceptors (Lipinski definition) is 3. The normalized spacial score (nSPS) is 14.0. The fourth-order valence-electron chi connectivity index (χ4n) is 2.51. The standard InChI is InChI=1S/C17H22FN3O3/c1-2-3-4-9-20(11-13-5-7-14(18)8-6-13)16(23)12-21-15(22)10-19-17(21)24/h5-8H,2-4,9-12H2,1H3,(H,19,24). The Hall–Kier alpha value is -2.44. The summed E-state index contributed by atoms with van der Waals surface area (Å²) in [5, 5.41) is 2.40. The van der Waals surface area contributed by atoms with Crippen molar-refractivity contribution in [3.8, 4) is 0 Å². The molecular formula is C17H22FN3O3. The van der Waals surface area contributed by atoms with E-state index in [2.05, 4.69) is 12.2 Å². The van der Waals surface area contributed by atoms with Gasteiger partial charge in [-0.05, 0) is 24.1 Å². The van der Waals surface area contributed by atoms with Gasteiger partial charge in [0, 0.05) is 13.1 Å². The summed E-state index contributed by atoms with van der Waals surface area (Å²) < 4.78 is 13.0. The molecule has 2 rings (SSSR count). The molecule has 0 spiro atoms. The third-order valence-corrected chi connectivity index (χ3v) is 3.90. The van der Waals surface area contributed by atoms with Crippen LogP contribution in [0.15, 0.2) is 24.3 Å². The fourth-order valence-corrected chi connectivity index (χ4v) is 2.51. The van der Waals surface area contributed by atoms with Gasteiger partial charge in [0.25, 0.3) is 5.91 Å². The molecule has 1 heterocycles. The van der Waals surface area contributed by atoms with E-state index in [4.69, 9.17) is 0 Å². The third kappa shape index (κ3) is 4.78. The van der Waals surface area contributed by atoms with Crippen LogP contribution in [0.5, 0.6) is 0 Å². The van der Waals surface area contributed by atoms with Crippen molar-refractivity contribution in [2.75, 3.05) is 19.6 Å². The van der Waals surface area contributed by atoms with Crippen LogP contribution in [-0.2, 0) is 16.1 Å². The average Bonchev–Trinajstić information content (AvgIpc) is 2.88. The Labute approximate surface area is 140 Å². The van der Waals surface area contributed by atoms with Crippen molar-refractivity contribution >= 4 is 17.8 Å². The van der Waals surface area contributed by atoms with E-state index < -0.39 is 11.9 Å².